The van der Waals surface area contributed by atoms with Crippen molar-refractivity contribution in [3.05, 3.63) is 47.0 Å². The van der Waals surface area contributed by atoms with Crippen LogP contribution in [0.3, 0.4) is 0 Å². The summed E-state index contributed by atoms with van der Waals surface area (Å²) in [5.74, 6) is 0. The fourth-order valence-corrected chi connectivity index (χ4v) is 1.33. The van der Waals surface area contributed by atoms with E-state index in [9.17, 15) is 0 Å². The van der Waals surface area contributed by atoms with Crippen molar-refractivity contribution in [2.75, 3.05) is 0 Å². The van der Waals surface area contributed by atoms with E-state index in [1.54, 1.807) is 0 Å². The zero-order valence-corrected chi connectivity index (χ0v) is 9.25. The fourth-order valence-electron chi connectivity index (χ4n) is 1.33. The van der Waals surface area contributed by atoms with Gasteiger partial charge in [0.15, 0.2) is 0 Å². The predicted molar refractivity (Wildman–Crippen MR) is 65.1 cm³/mol. The second-order valence-corrected chi connectivity index (χ2v) is 3.51. The van der Waals surface area contributed by atoms with Crippen LogP contribution in [0.4, 0.5) is 0 Å². The summed E-state index contributed by atoms with van der Waals surface area (Å²) in [6, 6.07) is 8.58. The molecule has 0 heterocycles. The van der Waals surface area contributed by atoms with Gasteiger partial charge in [0.05, 0.1) is 0 Å². The molecule has 0 aliphatic heterocycles. The Balaban J connectivity index is 2.94. The van der Waals surface area contributed by atoms with Crippen molar-refractivity contribution in [3.8, 4) is 0 Å². The average molecular weight is 186 g/mol. The molecular formula is C14H18. The first-order valence-electron chi connectivity index (χ1n) is 5.16. The Bertz CT molecular complexity index is 343. The molecular weight excluding hydrogens is 168 g/mol. The van der Waals surface area contributed by atoms with Gasteiger partial charge in [-0.2, -0.15) is 0 Å². The summed E-state index contributed by atoms with van der Waals surface area (Å²) in [7, 11) is 0. The summed E-state index contributed by atoms with van der Waals surface area (Å²) >= 11 is 0. The molecule has 0 aliphatic carbocycles. The van der Waals surface area contributed by atoms with Crippen LogP contribution in [0.5, 0.6) is 0 Å². The summed E-state index contributed by atoms with van der Waals surface area (Å²) in [5, 5.41) is 0. The standard InChI is InChI=1S/C14H18/c1-4-7-13-8-6-9-14(11-13)10-12(3)5-2/h4,6-11H,5H2,1-3H3. The van der Waals surface area contributed by atoms with E-state index in [0.29, 0.717) is 0 Å². The van der Waals surface area contributed by atoms with Crippen LogP contribution >= 0.6 is 0 Å². The highest BCUT2D eigenvalue weighted by atomic mass is 14.0. The molecule has 0 amide bonds. The molecule has 0 nitrogen and oxygen atoms in total. The molecule has 0 atom stereocenters. The van der Waals surface area contributed by atoms with Crippen LogP contribution in [-0.4, -0.2) is 0 Å². The van der Waals surface area contributed by atoms with Gasteiger partial charge in [-0.05, 0) is 37.5 Å². The van der Waals surface area contributed by atoms with Gasteiger partial charge in [-0.25, -0.2) is 0 Å². The van der Waals surface area contributed by atoms with Gasteiger partial charge in [0.1, 0.15) is 0 Å². The predicted octanol–water partition coefficient (Wildman–Crippen LogP) is 4.53. The molecule has 1 rings (SSSR count). The first-order chi connectivity index (χ1) is 6.76. The Hall–Kier alpha value is -1.30. The van der Waals surface area contributed by atoms with Crippen molar-refractivity contribution in [1.82, 2.24) is 0 Å². The van der Waals surface area contributed by atoms with E-state index in [4.69, 9.17) is 0 Å². The van der Waals surface area contributed by atoms with Gasteiger partial charge in [-0.15, -0.1) is 0 Å². The third-order valence-corrected chi connectivity index (χ3v) is 2.24. The van der Waals surface area contributed by atoms with Gasteiger partial charge in [0, 0.05) is 0 Å². The smallest absolute Gasteiger partial charge is 0.0251 e. The molecule has 0 aliphatic rings. The normalized spacial score (nSPS) is 12.4. The molecule has 0 saturated carbocycles. The molecule has 0 spiro atoms. The lowest BCUT2D eigenvalue weighted by Crippen LogP contribution is -1.77. The Kier molecular flexibility index (Phi) is 4.18. The summed E-state index contributed by atoms with van der Waals surface area (Å²) in [6.07, 6.45) is 7.55. The van der Waals surface area contributed by atoms with E-state index < -0.39 is 0 Å². The van der Waals surface area contributed by atoms with Crippen LogP contribution in [0.25, 0.3) is 12.2 Å². The van der Waals surface area contributed by atoms with Crippen LogP contribution in [0.1, 0.15) is 38.3 Å². The number of allylic oxidation sites excluding steroid dienone is 2. The van der Waals surface area contributed by atoms with E-state index in [0.717, 1.165) is 6.42 Å². The largest absolute Gasteiger partial charge is 0.0871 e. The number of hydrogen-bond donors (Lipinski definition) is 0. The van der Waals surface area contributed by atoms with E-state index in [2.05, 4.69) is 56.3 Å². The third-order valence-electron chi connectivity index (χ3n) is 2.24. The fraction of sp³-hybridized carbons (Fsp3) is 0.286. The molecule has 0 fully saturated rings. The van der Waals surface area contributed by atoms with Gasteiger partial charge in [0.25, 0.3) is 0 Å². The van der Waals surface area contributed by atoms with E-state index in [1.807, 2.05) is 6.92 Å². The van der Waals surface area contributed by atoms with Crippen molar-refractivity contribution in [2.45, 2.75) is 27.2 Å². The van der Waals surface area contributed by atoms with Crippen molar-refractivity contribution < 1.29 is 0 Å². The summed E-state index contributed by atoms with van der Waals surface area (Å²) < 4.78 is 0. The molecule has 0 radical (unpaired) electrons. The molecule has 0 N–H and O–H groups in total. The highest BCUT2D eigenvalue weighted by Crippen LogP contribution is 2.12. The molecule has 0 heteroatoms. The Labute approximate surface area is 87.0 Å². The molecule has 1 aromatic rings. The second kappa shape index (κ2) is 5.43. The highest BCUT2D eigenvalue weighted by Gasteiger charge is 1.90. The maximum absolute atomic E-state index is 2.24. The monoisotopic (exact) mass is 186 g/mol. The van der Waals surface area contributed by atoms with Crippen LogP contribution in [0.15, 0.2) is 35.9 Å². The Morgan fingerprint density at radius 2 is 2.00 bits per heavy atom. The Morgan fingerprint density at radius 3 is 2.64 bits per heavy atom. The summed E-state index contributed by atoms with van der Waals surface area (Å²) in [6.45, 7) is 6.39. The zero-order chi connectivity index (χ0) is 10.4. The summed E-state index contributed by atoms with van der Waals surface area (Å²) in [4.78, 5) is 0. The van der Waals surface area contributed by atoms with Crippen LogP contribution in [0, 0.1) is 0 Å². The molecule has 0 saturated heterocycles. The Morgan fingerprint density at radius 1 is 1.29 bits per heavy atom. The number of rotatable bonds is 3. The highest BCUT2D eigenvalue weighted by molar-refractivity contribution is 5.58. The molecule has 0 bridgehead atoms. The van der Waals surface area contributed by atoms with Crippen molar-refractivity contribution in [1.29, 1.82) is 0 Å². The summed E-state index contributed by atoms with van der Waals surface area (Å²) in [5.41, 5.74) is 3.98. The quantitative estimate of drug-likeness (QED) is 0.650. The van der Waals surface area contributed by atoms with Gasteiger partial charge >= 0.3 is 0 Å². The lowest BCUT2D eigenvalue weighted by molar-refractivity contribution is 1.11. The van der Waals surface area contributed by atoms with E-state index >= 15 is 0 Å². The molecule has 14 heavy (non-hydrogen) atoms. The number of hydrogen-bond acceptors (Lipinski definition) is 0. The van der Waals surface area contributed by atoms with Crippen LogP contribution < -0.4 is 0 Å². The van der Waals surface area contributed by atoms with E-state index in [-0.39, 0.29) is 0 Å². The van der Waals surface area contributed by atoms with Gasteiger partial charge in [0.2, 0.25) is 0 Å². The molecule has 0 unspecified atom stereocenters. The van der Waals surface area contributed by atoms with Crippen LogP contribution in [-0.2, 0) is 0 Å². The number of benzene rings is 1. The minimum absolute atomic E-state index is 1.12. The van der Waals surface area contributed by atoms with Gasteiger partial charge in [-0.1, -0.05) is 48.9 Å². The first kappa shape index (κ1) is 10.8. The minimum atomic E-state index is 1.12. The zero-order valence-electron chi connectivity index (χ0n) is 9.25. The van der Waals surface area contributed by atoms with Gasteiger partial charge < -0.3 is 0 Å². The SMILES string of the molecule is CC=Cc1cccc(C=C(C)CC)c1. The lowest BCUT2D eigenvalue weighted by atomic mass is 10.1. The van der Waals surface area contributed by atoms with Crippen LogP contribution in [0.2, 0.25) is 0 Å². The molecule has 1 aromatic carbocycles. The van der Waals surface area contributed by atoms with Crippen molar-refractivity contribution in [2.24, 2.45) is 0 Å². The third kappa shape index (κ3) is 3.21. The van der Waals surface area contributed by atoms with Crippen molar-refractivity contribution >= 4 is 12.2 Å². The average Bonchev–Trinajstić information content (AvgIpc) is 2.19. The first-order valence-corrected chi connectivity index (χ1v) is 5.16. The lowest BCUT2D eigenvalue weighted by Gasteiger charge is -1.99. The molecule has 74 valence electrons. The minimum Gasteiger partial charge on any atom is -0.0871 e. The maximum atomic E-state index is 2.24. The second-order valence-electron chi connectivity index (χ2n) is 3.51. The maximum Gasteiger partial charge on any atom is -0.0251 e. The van der Waals surface area contributed by atoms with Crippen molar-refractivity contribution in [3.63, 3.8) is 0 Å². The molecule has 0 aromatic heterocycles. The van der Waals surface area contributed by atoms with Gasteiger partial charge in [-0.3, -0.25) is 0 Å². The topological polar surface area (TPSA) is 0 Å². The van der Waals surface area contributed by atoms with E-state index in [1.165, 1.54) is 16.7 Å².